The van der Waals surface area contributed by atoms with Crippen molar-refractivity contribution < 1.29 is 14.3 Å². The first-order valence-electron chi connectivity index (χ1n) is 8.09. The Morgan fingerprint density at radius 2 is 2.21 bits per heavy atom. The molecule has 1 amide bonds. The lowest BCUT2D eigenvalue weighted by Gasteiger charge is -2.11. The van der Waals surface area contributed by atoms with Gasteiger partial charge in [0.1, 0.15) is 5.69 Å². The Balaban J connectivity index is 1.79. The molecule has 1 atom stereocenters. The van der Waals surface area contributed by atoms with Crippen LogP contribution in [0.15, 0.2) is 24.3 Å². The fourth-order valence-corrected chi connectivity index (χ4v) is 2.73. The quantitative estimate of drug-likeness (QED) is 0.871. The number of hydrogen-bond donors (Lipinski definition) is 1. The van der Waals surface area contributed by atoms with Crippen LogP contribution in [0.2, 0.25) is 0 Å². The van der Waals surface area contributed by atoms with E-state index in [1.165, 1.54) is 0 Å². The van der Waals surface area contributed by atoms with E-state index in [0.717, 1.165) is 30.7 Å². The molecule has 2 heterocycles. The van der Waals surface area contributed by atoms with Gasteiger partial charge in [-0.2, -0.15) is 0 Å². The molecule has 0 bridgehead atoms. The molecule has 0 spiro atoms. The van der Waals surface area contributed by atoms with E-state index in [1.54, 1.807) is 11.8 Å². The van der Waals surface area contributed by atoms with E-state index >= 15 is 0 Å². The molecule has 1 N–H and O–H groups in total. The molecule has 0 radical (unpaired) electrons. The largest absolute Gasteiger partial charge is 0.378 e. The molecule has 1 aromatic heterocycles. The lowest BCUT2D eigenvalue weighted by atomic mass is 10.2. The highest BCUT2D eigenvalue weighted by molar-refractivity contribution is 5.93. The number of nitrogens with zero attached hydrogens (tertiary/aromatic N) is 3. The van der Waals surface area contributed by atoms with Crippen molar-refractivity contribution in [2.75, 3.05) is 20.3 Å². The van der Waals surface area contributed by atoms with Gasteiger partial charge >= 0.3 is 0 Å². The van der Waals surface area contributed by atoms with Gasteiger partial charge in [-0.3, -0.25) is 4.79 Å². The standard InChI is InChI=1S/C17H22N4O3/c1-12-5-7-13(8-6-12)21-15(11-23-2)16(19-20-21)17(22)18-10-14-4-3-9-24-14/h5-8,14H,3-4,9-11H2,1-2H3,(H,18,22). The molecule has 2 aromatic rings. The molecular weight excluding hydrogens is 308 g/mol. The maximum Gasteiger partial charge on any atom is 0.273 e. The summed E-state index contributed by atoms with van der Waals surface area (Å²) in [5.41, 5.74) is 2.92. The van der Waals surface area contributed by atoms with E-state index in [2.05, 4.69) is 15.6 Å². The van der Waals surface area contributed by atoms with E-state index in [9.17, 15) is 4.79 Å². The van der Waals surface area contributed by atoms with Gasteiger partial charge in [-0.25, -0.2) is 4.68 Å². The van der Waals surface area contributed by atoms with Crippen molar-refractivity contribution >= 4 is 5.91 Å². The van der Waals surface area contributed by atoms with Gasteiger partial charge in [-0.15, -0.1) is 5.10 Å². The summed E-state index contributed by atoms with van der Waals surface area (Å²) in [6.07, 6.45) is 2.10. The van der Waals surface area contributed by atoms with Crippen LogP contribution in [0.3, 0.4) is 0 Å². The number of ether oxygens (including phenoxy) is 2. The highest BCUT2D eigenvalue weighted by Crippen LogP contribution is 2.16. The molecule has 7 nitrogen and oxygen atoms in total. The number of amides is 1. The SMILES string of the molecule is COCc1c(C(=O)NCC2CCCO2)nnn1-c1ccc(C)cc1. The van der Waals surface area contributed by atoms with Gasteiger partial charge < -0.3 is 14.8 Å². The molecule has 0 aliphatic carbocycles. The van der Waals surface area contributed by atoms with E-state index in [4.69, 9.17) is 9.47 Å². The molecule has 24 heavy (non-hydrogen) atoms. The first-order chi connectivity index (χ1) is 11.7. The van der Waals surface area contributed by atoms with Crippen molar-refractivity contribution in [3.05, 3.63) is 41.2 Å². The van der Waals surface area contributed by atoms with Crippen LogP contribution in [0, 0.1) is 6.92 Å². The van der Waals surface area contributed by atoms with E-state index in [1.807, 2.05) is 31.2 Å². The average Bonchev–Trinajstić information content (AvgIpc) is 3.24. The minimum Gasteiger partial charge on any atom is -0.378 e. The first-order valence-corrected chi connectivity index (χ1v) is 8.09. The third-order valence-corrected chi connectivity index (χ3v) is 4.05. The monoisotopic (exact) mass is 330 g/mol. The predicted molar refractivity (Wildman–Crippen MR) is 88.1 cm³/mol. The third kappa shape index (κ3) is 3.63. The number of carbonyl (C=O) groups is 1. The second-order valence-electron chi connectivity index (χ2n) is 5.91. The van der Waals surface area contributed by atoms with Crippen LogP contribution >= 0.6 is 0 Å². The smallest absolute Gasteiger partial charge is 0.273 e. The zero-order valence-corrected chi connectivity index (χ0v) is 14.0. The van der Waals surface area contributed by atoms with Crippen molar-refractivity contribution in [2.45, 2.75) is 32.5 Å². The molecule has 1 aliphatic heterocycles. The van der Waals surface area contributed by atoms with Crippen molar-refractivity contribution in [2.24, 2.45) is 0 Å². The maximum absolute atomic E-state index is 12.5. The molecule has 1 aromatic carbocycles. The summed E-state index contributed by atoms with van der Waals surface area (Å²) in [6, 6.07) is 7.87. The molecule has 1 saturated heterocycles. The van der Waals surface area contributed by atoms with Gasteiger partial charge in [0.2, 0.25) is 0 Å². The molecule has 128 valence electrons. The van der Waals surface area contributed by atoms with Crippen molar-refractivity contribution in [3.63, 3.8) is 0 Å². The van der Waals surface area contributed by atoms with Gasteiger partial charge in [0, 0.05) is 20.3 Å². The number of rotatable bonds is 6. The average molecular weight is 330 g/mol. The van der Waals surface area contributed by atoms with Crippen LogP contribution in [0.1, 0.15) is 34.6 Å². The Morgan fingerprint density at radius 3 is 2.88 bits per heavy atom. The predicted octanol–water partition coefficient (Wildman–Crippen LogP) is 1.63. The zero-order chi connectivity index (χ0) is 16.9. The highest BCUT2D eigenvalue weighted by Gasteiger charge is 2.22. The fraction of sp³-hybridized carbons (Fsp3) is 0.471. The summed E-state index contributed by atoms with van der Waals surface area (Å²) < 4.78 is 12.4. The van der Waals surface area contributed by atoms with Crippen molar-refractivity contribution in [3.8, 4) is 5.69 Å². The second-order valence-corrected chi connectivity index (χ2v) is 5.91. The maximum atomic E-state index is 12.5. The van der Waals surface area contributed by atoms with Crippen LogP contribution in [-0.4, -0.2) is 47.3 Å². The first kappa shape index (κ1) is 16.6. The normalized spacial score (nSPS) is 17.2. The molecule has 1 unspecified atom stereocenters. The lowest BCUT2D eigenvalue weighted by molar-refractivity contribution is 0.0849. The van der Waals surface area contributed by atoms with Gasteiger partial charge in [0.25, 0.3) is 5.91 Å². The topological polar surface area (TPSA) is 78.3 Å². The molecular formula is C17H22N4O3. The third-order valence-electron chi connectivity index (χ3n) is 4.05. The molecule has 7 heteroatoms. The summed E-state index contributed by atoms with van der Waals surface area (Å²) in [4.78, 5) is 12.5. The number of carbonyl (C=O) groups excluding carboxylic acids is 1. The number of hydrogen-bond acceptors (Lipinski definition) is 5. The summed E-state index contributed by atoms with van der Waals surface area (Å²) >= 11 is 0. The van der Waals surface area contributed by atoms with Crippen LogP contribution in [0.5, 0.6) is 0 Å². The number of nitrogens with one attached hydrogen (secondary N) is 1. The van der Waals surface area contributed by atoms with Crippen LogP contribution < -0.4 is 5.32 Å². The molecule has 1 aliphatic rings. The van der Waals surface area contributed by atoms with Crippen LogP contribution in [0.25, 0.3) is 5.69 Å². The van der Waals surface area contributed by atoms with Gasteiger partial charge in [-0.05, 0) is 31.9 Å². The Kier molecular flexibility index (Phi) is 5.22. The van der Waals surface area contributed by atoms with Crippen molar-refractivity contribution in [1.82, 2.24) is 20.3 Å². The van der Waals surface area contributed by atoms with Gasteiger partial charge in [0.15, 0.2) is 5.69 Å². The Bertz CT molecular complexity index is 690. The van der Waals surface area contributed by atoms with E-state index < -0.39 is 0 Å². The van der Waals surface area contributed by atoms with Gasteiger partial charge in [-0.1, -0.05) is 22.9 Å². The Morgan fingerprint density at radius 1 is 1.42 bits per heavy atom. The minimum absolute atomic E-state index is 0.0898. The van der Waals surface area contributed by atoms with Crippen molar-refractivity contribution in [1.29, 1.82) is 0 Å². The summed E-state index contributed by atoms with van der Waals surface area (Å²) in [5, 5.41) is 11.1. The fourth-order valence-electron chi connectivity index (χ4n) is 2.73. The number of aromatic nitrogens is 3. The molecule has 3 rings (SSSR count). The molecule has 1 fully saturated rings. The Labute approximate surface area is 141 Å². The van der Waals surface area contributed by atoms with E-state index in [-0.39, 0.29) is 24.3 Å². The van der Waals surface area contributed by atoms with Crippen LogP contribution in [0.4, 0.5) is 0 Å². The number of benzene rings is 1. The van der Waals surface area contributed by atoms with Crippen LogP contribution in [-0.2, 0) is 16.1 Å². The number of aryl methyl sites for hydroxylation is 1. The summed E-state index contributed by atoms with van der Waals surface area (Å²) in [5.74, 6) is -0.254. The zero-order valence-electron chi connectivity index (χ0n) is 14.0. The molecule has 0 saturated carbocycles. The number of methoxy groups -OCH3 is 1. The Hall–Kier alpha value is -2.25. The summed E-state index contributed by atoms with van der Waals surface area (Å²) in [6.45, 7) is 3.52. The minimum atomic E-state index is -0.254. The van der Waals surface area contributed by atoms with Gasteiger partial charge in [0.05, 0.1) is 18.4 Å². The second kappa shape index (κ2) is 7.55. The highest BCUT2D eigenvalue weighted by atomic mass is 16.5. The summed E-state index contributed by atoms with van der Waals surface area (Å²) in [7, 11) is 1.58. The van der Waals surface area contributed by atoms with E-state index in [0.29, 0.717) is 12.2 Å². The lowest BCUT2D eigenvalue weighted by Crippen LogP contribution is -2.32.